The summed E-state index contributed by atoms with van der Waals surface area (Å²) >= 11 is 0.958. The second-order valence-corrected chi connectivity index (χ2v) is 7.20. The Balaban J connectivity index is 0.000000948. The Bertz CT molecular complexity index is 893. The molecule has 2 aromatic rings. The molecule has 1 aromatic heterocycles. The number of imide groups is 1. The summed E-state index contributed by atoms with van der Waals surface area (Å²) in [5, 5.41) is 3.10. The van der Waals surface area contributed by atoms with Crippen LogP contribution in [0.5, 0.6) is 0 Å². The number of benzene rings is 1. The van der Waals surface area contributed by atoms with Gasteiger partial charge in [-0.15, -0.1) is 0 Å². The van der Waals surface area contributed by atoms with Gasteiger partial charge >= 0.3 is 0 Å². The Morgan fingerprint density at radius 1 is 1.19 bits per heavy atom. The van der Waals surface area contributed by atoms with Gasteiger partial charge in [-0.1, -0.05) is 37.6 Å². The van der Waals surface area contributed by atoms with Crippen molar-refractivity contribution in [2.75, 3.05) is 0 Å². The first kappa shape index (κ1) is 18.5. The van der Waals surface area contributed by atoms with Gasteiger partial charge in [0.2, 0.25) is 0 Å². The number of thioether (sulfide) groups is 1. The van der Waals surface area contributed by atoms with Gasteiger partial charge in [-0.05, 0) is 61.2 Å². The van der Waals surface area contributed by atoms with Crippen molar-refractivity contribution in [3.8, 4) is 0 Å². The highest BCUT2D eigenvalue weighted by atomic mass is 32.2. The molecule has 1 aliphatic carbocycles. The van der Waals surface area contributed by atoms with E-state index in [9.17, 15) is 9.59 Å². The van der Waals surface area contributed by atoms with Crippen LogP contribution in [0.1, 0.15) is 45.1 Å². The SMILES string of the molecule is CC.O=C1NC(=O)/C(=C/c2cccc3c2ccn3CC2=CCCCC2)S1. The molecule has 0 unspecified atom stereocenters. The highest BCUT2D eigenvalue weighted by Crippen LogP contribution is 2.29. The second kappa shape index (κ2) is 8.41. The molecular weight excluding hydrogens is 344 g/mol. The van der Waals surface area contributed by atoms with Crippen molar-refractivity contribution >= 4 is 39.9 Å². The number of aromatic nitrogens is 1. The van der Waals surface area contributed by atoms with Crippen LogP contribution in [0, 0.1) is 0 Å². The number of allylic oxidation sites excluding steroid dienone is 2. The zero-order valence-corrected chi connectivity index (χ0v) is 16.1. The molecule has 2 heterocycles. The number of hydrogen-bond acceptors (Lipinski definition) is 3. The fraction of sp³-hybridized carbons (Fsp3) is 0.333. The van der Waals surface area contributed by atoms with E-state index in [4.69, 9.17) is 0 Å². The van der Waals surface area contributed by atoms with E-state index in [1.165, 1.54) is 31.3 Å². The minimum absolute atomic E-state index is 0.305. The van der Waals surface area contributed by atoms with Crippen LogP contribution < -0.4 is 5.32 Å². The summed E-state index contributed by atoms with van der Waals surface area (Å²) in [5.41, 5.74) is 3.63. The van der Waals surface area contributed by atoms with Gasteiger partial charge in [0.1, 0.15) is 0 Å². The van der Waals surface area contributed by atoms with Gasteiger partial charge in [-0.25, -0.2) is 0 Å². The van der Waals surface area contributed by atoms with E-state index in [1.807, 2.05) is 26.0 Å². The summed E-state index contributed by atoms with van der Waals surface area (Å²) in [6, 6.07) is 8.17. The standard InChI is InChI=1S/C19H18N2O2S.C2H6/c22-18-17(24-19(23)20-18)11-14-7-4-8-16-15(14)9-10-21(16)12-13-5-2-1-3-6-13;1-2/h4-5,7-11H,1-3,6,12H2,(H,20,22,23);1-2H3/b17-11-;. The third-order valence-corrected chi connectivity index (χ3v) is 5.35. The van der Waals surface area contributed by atoms with Crippen molar-refractivity contribution in [2.24, 2.45) is 0 Å². The number of hydrogen-bond donors (Lipinski definition) is 1. The number of fused-ring (bicyclic) bond motifs is 1. The number of rotatable bonds is 3. The van der Waals surface area contributed by atoms with E-state index < -0.39 is 0 Å². The number of nitrogens with zero attached hydrogens (tertiary/aromatic N) is 1. The summed E-state index contributed by atoms with van der Waals surface area (Å²) in [4.78, 5) is 23.5. The van der Waals surface area contributed by atoms with Gasteiger partial charge in [-0.3, -0.25) is 14.9 Å². The largest absolute Gasteiger partial charge is 0.343 e. The number of carbonyl (C=O) groups is 2. The molecule has 4 nitrogen and oxygen atoms in total. The van der Waals surface area contributed by atoms with Gasteiger partial charge in [0.25, 0.3) is 11.1 Å². The lowest BCUT2D eigenvalue weighted by Gasteiger charge is -2.14. The van der Waals surface area contributed by atoms with E-state index >= 15 is 0 Å². The molecule has 26 heavy (non-hydrogen) atoms. The average molecular weight is 369 g/mol. The van der Waals surface area contributed by atoms with Gasteiger partial charge in [0.05, 0.1) is 4.91 Å². The van der Waals surface area contributed by atoms with Gasteiger partial charge < -0.3 is 4.57 Å². The minimum Gasteiger partial charge on any atom is -0.343 e. The molecule has 0 spiro atoms. The molecule has 2 amide bonds. The molecule has 0 saturated carbocycles. The molecule has 1 aromatic carbocycles. The van der Waals surface area contributed by atoms with E-state index in [-0.39, 0.29) is 11.1 Å². The summed E-state index contributed by atoms with van der Waals surface area (Å²) < 4.78 is 2.27. The van der Waals surface area contributed by atoms with Crippen LogP contribution >= 0.6 is 11.8 Å². The molecule has 0 atom stereocenters. The average Bonchev–Trinajstić information content (AvgIpc) is 3.21. The molecule has 1 fully saturated rings. The summed E-state index contributed by atoms with van der Waals surface area (Å²) in [6.07, 6.45) is 11.2. The summed E-state index contributed by atoms with van der Waals surface area (Å²) in [7, 11) is 0. The highest BCUT2D eigenvalue weighted by molar-refractivity contribution is 8.18. The zero-order chi connectivity index (χ0) is 18.5. The van der Waals surface area contributed by atoms with E-state index in [2.05, 4.69) is 34.3 Å². The van der Waals surface area contributed by atoms with Crippen molar-refractivity contribution in [3.05, 3.63) is 52.6 Å². The molecule has 5 heteroatoms. The lowest BCUT2D eigenvalue weighted by atomic mass is 9.99. The van der Waals surface area contributed by atoms with E-state index in [1.54, 1.807) is 6.08 Å². The maximum Gasteiger partial charge on any atom is 0.290 e. The normalized spacial score (nSPS) is 18.5. The van der Waals surface area contributed by atoms with Crippen LogP contribution in [-0.2, 0) is 11.3 Å². The smallest absolute Gasteiger partial charge is 0.290 e. The Kier molecular flexibility index (Phi) is 5.99. The van der Waals surface area contributed by atoms with Gasteiger partial charge in [0, 0.05) is 23.6 Å². The molecule has 0 radical (unpaired) electrons. The van der Waals surface area contributed by atoms with Gasteiger partial charge in [-0.2, -0.15) is 0 Å². The molecule has 136 valence electrons. The topological polar surface area (TPSA) is 51.1 Å². The van der Waals surface area contributed by atoms with Crippen LogP contribution in [-0.4, -0.2) is 15.7 Å². The van der Waals surface area contributed by atoms with Crippen LogP contribution in [0.15, 0.2) is 47.0 Å². The molecule has 1 N–H and O–H groups in total. The quantitative estimate of drug-likeness (QED) is 0.575. The van der Waals surface area contributed by atoms with E-state index in [0.717, 1.165) is 34.8 Å². The van der Waals surface area contributed by atoms with Crippen LogP contribution in [0.3, 0.4) is 0 Å². The third kappa shape index (κ3) is 3.93. The molecule has 1 aliphatic heterocycles. The summed E-state index contributed by atoms with van der Waals surface area (Å²) in [6.45, 7) is 4.93. The Morgan fingerprint density at radius 2 is 2.04 bits per heavy atom. The first-order valence-corrected chi connectivity index (χ1v) is 10.0. The van der Waals surface area contributed by atoms with E-state index in [0.29, 0.717) is 4.91 Å². The fourth-order valence-electron chi connectivity index (χ4n) is 3.34. The van der Waals surface area contributed by atoms with Gasteiger partial charge in [0.15, 0.2) is 0 Å². The second-order valence-electron chi connectivity index (χ2n) is 6.18. The molecule has 1 saturated heterocycles. The fourth-order valence-corrected chi connectivity index (χ4v) is 4.01. The number of amides is 2. The Labute approximate surface area is 158 Å². The number of carbonyl (C=O) groups excluding carboxylic acids is 2. The van der Waals surface area contributed by atoms with Crippen molar-refractivity contribution < 1.29 is 9.59 Å². The maximum absolute atomic E-state index is 11.8. The van der Waals surface area contributed by atoms with Crippen molar-refractivity contribution in [3.63, 3.8) is 0 Å². The van der Waals surface area contributed by atoms with Crippen LogP contribution in [0.4, 0.5) is 4.79 Å². The molecule has 0 bridgehead atoms. The molecular formula is C21H24N2O2S. The highest BCUT2D eigenvalue weighted by Gasteiger charge is 2.25. The predicted molar refractivity (Wildman–Crippen MR) is 109 cm³/mol. The maximum atomic E-state index is 11.8. The Morgan fingerprint density at radius 3 is 2.73 bits per heavy atom. The first-order valence-electron chi connectivity index (χ1n) is 9.21. The molecule has 4 rings (SSSR count). The van der Waals surface area contributed by atoms with Crippen LogP contribution in [0.2, 0.25) is 0 Å². The van der Waals surface area contributed by atoms with Crippen LogP contribution in [0.25, 0.3) is 17.0 Å². The monoisotopic (exact) mass is 368 g/mol. The van der Waals surface area contributed by atoms with Crippen molar-refractivity contribution in [1.29, 1.82) is 0 Å². The lowest BCUT2D eigenvalue weighted by molar-refractivity contribution is -0.115. The van der Waals surface area contributed by atoms with Crippen molar-refractivity contribution in [2.45, 2.75) is 46.1 Å². The number of nitrogens with one attached hydrogen (secondary N) is 1. The summed E-state index contributed by atoms with van der Waals surface area (Å²) in [5.74, 6) is -0.311. The first-order chi connectivity index (χ1) is 12.7. The Hall–Kier alpha value is -2.27. The van der Waals surface area contributed by atoms with Crippen molar-refractivity contribution in [1.82, 2.24) is 9.88 Å². The predicted octanol–water partition coefficient (Wildman–Crippen LogP) is 5.49. The zero-order valence-electron chi connectivity index (χ0n) is 15.2. The minimum atomic E-state index is -0.311. The third-order valence-electron chi connectivity index (χ3n) is 4.53. The lowest BCUT2D eigenvalue weighted by Crippen LogP contribution is -2.17. The molecule has 2 aliphatic rings.